The molecule has 56 valence electrons. The standard InChI is InChI=1S/C4H6ClN3O2/c1-7-2(4(6)9)3(5)8-10/h10H,1H3,(H2,6,9)/b7-2?,8-3+. The van der Waals surface area contributed by atoms with Crippen molar-refractivity contribution in [1.82, 2.24) is 0 Å². The van der Waals surface area contributed by atoms with E-state index in [0.717, 1.165) is 0 Å². The zero-order valence-corrected chi connectivity index (χ0v) is 5.96. The van der Waals surface area contributed by atoms with Gasteiger partial charge >= 0.3 is 0 Å². The van der Waals surface area contributed by atoms with Crippen molar-refractivity contribution in [2.24, 2.45) is 15.9 Å². The summed E-state index contributed by atoms with van der Waals surface area (Å²) in [5.41, 5.74) is 4.53. The molecule has 3 N–H and O–H groups in total. The van der Waals surface area contributed by atoms with Gasteiger partial charge in [0.15, 0.2) is 10.9 Å². The molecule has 0 aliphatic carbocycles. The second-order valence-electron chi connectivity index (χ2n) is 1.33. The Balaban J connectivity index is 4.56. The van der Waals surface area contributed by atoms with E-state index in [1.54, 1.807) is 0 Å². The lowest BCUT2D eigenvalue weighted by Gasteiger charge is -1.93. The van der Waals surface area contributed by atoms with Crippen LogP contribution in [0.15, 0.2) is 10.1 Å². The van der Waals surface area contributed by atoms with Crippen molar-refractivity contribution in [1.29, 1.82) is 0 Å². The first-order valence-electron chi connectivity index (χ1n) is 2.28. The summed E-state index contributed by atoms with van der Waals surface area (Å²) in [6.45, 7) is 0. The Kier molecular flexibility index (Phi) is 3.42. The van der Waals surface area contributed by atoms with E-state index in [9.17, 15) is 4.79 Å². The number of carbonyl (C=O) groups is 1. The fourth-order valence-corrected chi connectivity index (χ4v) is 0.529. The topological polar surface area (TPSA) is 88.0 Å². The summed E-state index contributed by atoms with van der Waals surface area (Å²) in [5.74, 6) is -0.828. The van der Waals surface area contributed by atoms with Crippen LogP contribution in [0.25, 0.3) is 0 Å². The molecule has 0 unspecified atom stereocenters. The van der Waals surface area contributed by atoms with Crippen molar-refractivity contribution < 1.29 is 10.0 Å². The third-order valence-electron chi connectivity index (χ3n) is 0.740. The molecule has 0 atom stereocenters. The normalized spacial score (nSPS) is 13.4. The van der Waals surface area contributed by atoms with Gasteiger partial charge in [0.1, 0.15) is 0 Å². The number of rotatable bonds is 2. The summed E-state index contributed by atoms with van der Waals surface area (Å²) >= 11 is 5.19. The van der Waals surface area contributed by atoms with Crippen LogP contribution in [0.4, 0.5) is 0 Å². The van der Waals surface area contributed by atoms with Gasteiger partial charge in [-0.25, -0.2) is 0 Å². The van der Waals surface area contributed by atoms with E-state index >= 15 is 0 Å². The summed E-state index contributed by atoms with van der Waals surface area (Å²) in [4.78, 5) is 13.7. The predicted octanol–water partition coefficient (Wildman–Crippen LogP) is -0.431. The quantitative estimate of drug-likeness (QED) is 0.329. The Morgan fingerprint density at radius 2 is 2.20 bits per heavy atom. The van der Waals surface area contributed by atoms with E-state index in [1.807, 2.05) is 0 Å². The molecule has 0 radical (unpaired) electrons. The van der Waals surface area contributed by atoms with Crippen LogP contribution in [0.3, 0.4) is 0 Å². The minimum Gasteiger partial charge on any atom is -0.410 e. The zero-order valence-electron chi connectivity index (χ0n) is 5.21. The highest BCUT2D eigenvalue weighted by atomic mass is 35.5. The molecule has 0 heterocycles. The van der Waals surface area contributed by atoms with E-state index < -0.39 is 11.1 Å². The average molecular weight is 164 g/mol. The highest BCUT2D eigenvalue weighted by Crippen LogP contribution is 1.88. The minimum atomic E-state index is -0.828. The molecule has 0 rings (SSSR count). The molecule has 0 saturated carbocycles. The van der Waals surface area contributed by atoms with Crippen LogP contribution in [0.2, 0.25) is 0 Å². The van der Waals surface area contributed by atoms with Gasteiger partial charge in [-0.05, 0) is 0 Å². The van der Waals surface area contributed by atoms with Gasteiger partial charge in [-0.3, -0.25) is 9.79 Å². The van der Waals surface area contributed by atoms with Crippen molar-refractivity contribution in [2.75, 3.05) is 7.05 Å². The smallest absolute Gasteiger partial charge is 0.270 e. The first kappa shape index (κ1) is 8.90. The van der Waals surface area contributed by atoms with Crippen LogP contribution in [0, 0.1) is 0 Å². The number of hydrogen-bond acceptors (Lipinski definition) is 4. The van der Waals surface area contributed by atoms with E-state index in [2.05, 4.69) is 10.1 Å². The maximum absolute atomic E-state index is 10.3. The highest BCUT2D eigenvalue weighted by Gasteiger charge is 2.11. The first-order chi connectivity index (χ1) is 4.63. The summed E-state index contributed by atoms with van der Waals surface area (Å²) in [7, 11) is 1.31. The molecule has 0 aliphatic rings. The summed E-state index contributed by atoms with van der Waals surface area (Å²) in [6, 6.07) is 0. The minimum absolute atomic E-state index is 0.246. The fraction of sp³-hybridized carbons (Fsp3) is 0.250. The van der Waals surface area contributed by atoms with Crippen molar-refractivity contribution >= 4 is 28.4 Å². The van der Waals surface area contributed by atoms with E-state index in [1.165, 1.54) is 7.05 Å². The average Bonchev–Trinajstić information content (AvgIpc) is 1.88. The molecule has 0 fully saturated rings. The van der Waals surface area contributed by atoms with Gasteiger partial charge in [0, 0.05) is 7.05 Å². The predicted molar refractivity (Wildman–Crippen MR) is 37.6 cm³/mol. The Morgan fingerprint density at radius 3 is 2.30 bits per heavy atom. The summed E-state index contributed by atoms with van der Waals surface area (Å²) in [5, 5.41) is 10.2. The van der Waals surface area contributed by atoms with Gasteiger partial charge in [0.2, 0.25) is 0 Å². The van der Waals surface area contributed by atoms with Crippen LogP contribution in [-0.4, -0.2) is 29.0 Å². The molecule has 1 amide bonds. The number of aliphatic imine (C=N–C) groups is 1. The summed E-state index contributed by atoms with van der Waals surface area (Å²) in [6.07, 6.45) is 0. The monoisotopic (exact) mass is 163 g/mol. The zero-order chi connectivity index (χ0) is 8.15. The fourth-order valence-electron chi connectivity index (χ4n) is 0.351. The number of primary amides is 1. The van der Waals surface area contributed by atoms with Crippen LogP contribution < -0.4 is 5.73 Å². The molecule has 10 heavy (non-hydrogen) atoms. The molecule has 5 nitrogen and oxygen atoms in total. The van der Waals surface area contributed by atoms with Gasteiger partial charge in [-0.15, -0.1) is 0 Å². The van der Waals surface area contributed by atoms with Crippen LogP contribution in [0.1, 0.15) is 0 Å². The van der Waals surface area contributed by atoms with Gasteiger partial charge in [0.25, 0.3) is 5.91 Å². The van der Waals surface area contributed by atoms with Crippen molar-refractivity contribution in [3.05, 3.63) is 0 Å². The van der Waals surface area contributed by atoms with E-state index in [0.29, 0.717) is 0 Å². The number of nitrogens with two attached hydrogens (primary N) is 1. The van der Waals surface area contributed by atoms with Crippen LogP contribution in [0.5, 0.6) is 0 Å². The molecule has 0 saturated heterocycles. The maximum atomic E-state index is 10.3. The number of hydrogen-bond donors (Lipinski definition) is 2. The van der Waals surface area contributed by atoms with Crippen molar-refractivity contribution in [2.45, 2.75) is 0 Å². The van der Waals surface area contributed by atoms with Gasteiger partial charge in [0.05, 0.1) is 0 Å². The van der Waals surface area contributed by atoms with E-state index in [4.69, 9.17) is 22.5 Å². The lowest BCUT2D eigenvalue weighted by atomic mass is 10.4. The van der Waals surface area contributed by atoms with E-state index in [-0.39, 0.29) is 5.71 Å². The lowest BCUT2D eigenvalue weighted by molar-refractivity contribution is -0.111. The van der Waals surface area contributed by atoms with Crippen molar-refractivity contribution in [3.63, 3.8) is 0 Å². The lowest BCUT2D eigenvalue weighted by Crippen LogP contribution is -2.28. The number of halogens is 1. The molecule has 0 aromatic carbocycles. The van der Waals surface area contributed by atoms with Gasteiger partial charge < -0.3 is 10.9 Å². The largest absolute Gasteiger partial charge is 0.410 e. The van der Waals surface area contributed by atoms with Crippen molar-refractivity contribution in [3.8, 4) is 0 Å². The first-order valence-corrected chi connectivity index (χ1v) is 2.65. The molecule has 0 spiro atoms. The Bertz CT molecular complexity index is 199. The number of oxime groups is 1. The van der Waals surface area contributed by atoms with Crippen LogP contribution in [-0.2, 0) is 4.79 Å². The maximum Gasteiger partial charge on any atom is 0.270 e. The molecule has 0 aromatic rings. The van der Waals surface area contributed by atoms with Crippen LogP contribution >= 0.6 is 11.6 Å². The SMILES string of the molecule is CN=C(C(N)=O)/C(Cl)=N\O. The molecular weight excluding hydrogens is 158 g/mol. The Hall–Kier alpha value is -1.10. The number of nitrogens with zero attached hydrogens (tertiary/aromatic N) is 2. The Labute approximate surface area is 62.2 Å². The third-order valence-corrected chi connectivity index (χ3v) is 0.995. The third kappa shape index (κ3) is 2.02. The summed E-state index contributed by atoms with van der Waals surface area (Å²) < 4.78 is 0. The Morgan fingerprint density at radius 1 is 1.70 bits per heavy atom. The molecule has 6 heteroatoms. The molecular formula is C4H6ClN3O2. The molecule has 0 bridgehead atoms. The molecule has 0 aliphatic heterocycles. The van der Waals surface area contributed by atoms with Gasteiger partial charge in [-0.2, -0.15) is 0 Å². The van der Waals surface area contributed by atoms with Gasteiger partial charge in [-0.1, -0.05) is 16.8 Å². The highest BCUT2D eigenvalue weighted by molar-refractivity contribution is 6.92. The number of carbonyl (C=O) groups excluding carboxylic acids is 1. The second-order valence-corrected chi connectivity index (χ2v) is 1.69. The second kappa shape index (κ2) is 3.84. The number of amides is 1. The molecule has 0 aromatic heterocycles.